The molecule has 3 rings (SSSR count). The first-order valence-electron chi connectivity index (χ1n) is 7.72. The summed E-state index contributed by atoms with van der Waals surface area (Å²) in [5, 5.41) is 0. The van der Waals surface area contributed by atoms with Crippen LogP contribution < -0.4 is 5.73 Å². The van der Waals surface area contributed by atoms with Crippen molar-refractivity contribution in [3.05, 3.63) is 76.8 Å². The van der Waals surface area contributed by atoms with Crippen LogP contribution in [0.2, 0.25) is 0 Å². The molecular formula is C20H22BrN3O. The van der Waals surface area contributed by atoms with Crippen molar-refractivity contribution < 1.29 is 4.79 Å². The van der Waals surface area contributed by atoms with Crippen molar-refractivity contribution in [1.29, 1.82) is 0 Å². The number of nitrogens with two attached hydrogens (primary N) is 1. The smallest absolute Gasteiger partial charge is 0.154 e. The molecule has 5 heteroatoms. The highest BCUT2D eigenvalue weighted by Crippen LogP contribution is 2.22. The second kappa shape index (κ2) is 8.74. The number of nitrogens with zero attached hydrogens (tertiary/aromatic N) is 1. The zero-order valence-corrected chi connectivity index (χ0v) is 14.7. The van der Waals surface area contributed by atoms with Gasteiger partial charge in [-0.3, -0.25) is 4.79 Å². The minimum Gasteiger partial charge on any atom is -0.348 e. The van der Waals surface area contributed by atoms with Crippen molar-refractivity contribution in [1.82, 2.24) is 9.97 Å². The number of aromatic nitrogens is 2. The zero-order chi connectivity index (χ0) is 16.9. The van der Waals surface area contributed by atoms with E-state index in [-0.39, 0.29) is 13.2 Å². The topological polar surface area (TPSA) is 71.8 Å². The Morgan fingerprint density at radius 1 is 1.08 bits per heavy atom. The molecule has 130 valence electrons. The van der Waals surface area contributed by atoms with Gasteiger partial charge in [0.05, 0.1) is 12.4 Å². The highest BCUT2D eigenvalue weighted by atomic mass is 79.9. The van der Waals surface area contributed by atoms with Crippen LogP contribution in [0.4, 0.5) is 0 Å². The molecule has 1 atom stereocenters. The van der Waals surface area contributed by atoms with Crippen molar-refractivity contribution in [2.24, 2.45) is 5.73 Å². The van der Waals surface area contributed by atoms with Gasteiger partial charge in [0.2, 0.25) is 0 Å². The van der Waals surface area contributed by atoms with Gasteiger partial charge in [-0.1, -0.05) is 59.8 Å². The molecule has 0 unspecified atom stereocenters. The Kier molecular flexibility index (Phi) is 6.67. The number of halogens is 1. The molecule has 4 nitrogen and oxygen atoms in total. The summed E-state index contributed by atoms with van der Waals surface area (Å²) >= 11 is 3.44. The standard InChI is InChI=1S/C19H18BrN3O.CH4/c20-16-7-5-15(6-8-16)14-3-1-13(2-4-14)9-19(24)18(21)10-17-11-22-12-23-17;/h1-8,11-12,18H,9-10,21H2,(H,22,23);1H4/t18-;/m0./s1. The number of nitrogens with one attached hydrogen (secondary N) is 1. The minimum atomic E-state index is -0.517. The van der Waals surface area contributed by atoms with Crippen LogP contribution in [-0.4, -0.2) is 21.8 Å². The zero-order valence-electron chi connectivity index (χ0n) is 13.1. The molecule has 25 heavy (non-hydrogen) atoms. The molecule has 3 aromatic rings. The van der Waals surface area contributed by atoms with Crippen LogP contribution in [0.3, 0.4) is 0 Å². The van der Waals surface area contributed by atoms with E-state index in [1.165, 1.54) is 0 Å². The van der Waals surface area contributed by atoms with E-state index in [4.69, 9.17) is 5.73 Å². The lowest BCUT2D eigenvalue weighted by Gasteiger charge is -2.10. The van der Waals surface area contributed by atoms with Gasteiger partial charge in [0.25, 0.3) is 0 Å². The molecule has 0 fully saturated rings. The van der Waals surface area contributed by atoms with E-state index in [0.717, 1.165) is 26.9 Å². The molecule has 0 aliphatic heterocycles. The summed E-state index contributed by atoms with van der Waals surface area (Å²) in [4.78, 5) is 19.2. The number of ketones is 1. The van der Waals surface area contributed by atoms with Crippen LogP contribution in [0.25, 0.3) is 11.1 Å². The highest BCUT2D eigenvalue weighted by Gasteiger charge is 2.15. The summed E-state index contributed by atoms with van der Waals surface area (Å²) < 4.78 is 1.06. The second-order valence-corrected chi connectivity index (χ2v) is 6.65. The van der Waals surface area contributed by atoms with Crippen LogP contribution in [0, 0.1) is 0 Å². The van der Waals surface area contributed by atoms with Gasteiger partial charge in [0, 0.05) is 29.2 Å². The number of aromatic amines is 1. The summed E-state index contributed by atoms with van der Waals surface area (Å²) in [6.45, 7) is 0. The van der Waals surface area contributed by atoms with Crippen molar-refractivity contribution in [2.75, 3.05) is 0 Å². The molecule has 0 radical (unpaired) electrons. The number of H-pyrrole nitrogens is 1. The lowest BCUT2D eigenvalue weighted by molar-refractivity contribution is -0.119. The largest absolute Gasteiger partial charge is 0.348 e. The van der Waals surface area contributed by atoms with E-state index in [0.29, 0.717) is 12.8 Å². The number of benzene rings is 2. The Bertz CT molecular complexity index is 796. The molecule has 2 aromatic carbocycles. The lowest BCUT2D eigenvalue weighted by atomic mass is 9.98. The molecule has 0 saturated carbocycles. The third-order valence-electron chi connectivity index (χ3n) is 3.92. The Labute approximate surface area is 156 Å². The SMILES string of the molecule is C.N[C@@H](Cc1cnc[nH]1)C(=O)Cc1ccc(-c2ccc(Br)cc2)cc1. The van der Waals surface area contributed by atoms with Gasteiger partial charge in [-0.15, -0.1) is 0 Å². The first-order chi connectivity index (χ1) is 11.6. The lowest BCUT2D eigenvalue weighted by Crippen LogP contribution is -2.34. The number of rotatable bonds is 6. The summed E-state index contributed by atoms with van der Waals surface area (Å²) in [5.74, 6) is 0.0287. The van der Waals surface area contributed by atoms with E-state index >= 15 is 0 Å². The normalized spacial score (nSPS) is 11.6. The predicted octanol–water partition coefficient (Wildman–Crippen LogP) is 4.16. The minimum absolute atomic E-state index is 0. The fourth-order valence-electron chi connectivity index (χ4n) is 2.54. The number of Topliss-reactive ketones (excluding diaryl/α,β-unsaturated/α-hetero) is 1. The van der Waals surface area contributed by atoms with Crippen molar-refractivity contribution in [3.63, 3.8) is 0 Å². The number of carbonyl (C=O) groups is 1. The van der Waals surface area contributed by atoms with E-state index in [1.54, 1.807) is 12.5 Å². The highest BCUT2D eigenvalue weighted by molar-refractivity contribution is 9.10. The van der Waals surface area contributed by atoms with Crippen molar-refractivity contribution >= 4 is 21.7 Å². The monoisotopic (exact) mass is 399 g/mol. The van der Waals surface area contributed by atoms with E-state index in [1.807, 2.05) is 36.4 Å². The first-order valence-corrected chi connectivity index (χ1v) is 8.51. The summed E-state index contributed by atoms with van der Waals surface area (Å²) in [6, 6.07) is 15.7. The quantitative estimate of drug-likeness (QED) is 0.653. The molecule has 0 saturated heterocycles. The third kappa shape index (κ3) is 5.11. The Morgan fingerprint density at radius 2 is 1.68 bits per heavy atom. The van der Waals surface area contributed by atoms with Crippen LogP contribution >= 0.6 is 15.9 Å². The maximum Gasteiger partial charge on any atom is 0.154 e. The molecule has 1 heterocycles. The van der Waals surface area contributed by atoms with Gasteiger partial charge in [-0.05, 0) is 28.8 Å². The van der Waals surface area contributed by atoms with Gasteiger partial charge in [0.15, 0.2) is 5.78 Å². The predicted molar refractivity (Wildman–Crippen MR) is 105 cm³/mol. The number of hydrogen-bond acceptors (Lipinski definition) is 3. The number of hydrogen-bond donors (Lipinski definition) is 2. The second-order valence-electron chi connectivity index (χ2n) is 5.73. The molecule has 1 aromatic heterocycles. The molecule has 0 aliphatic carbocycles. The average Bonchev–Trinajstić information content (AvgIpc) is 3.09. The molecule has 0 aliphatic rings. The fraction of sp³-hybridized carbons (Fsp3) is 0.200. The van der Waals surface area contributed by atoms with Crippen molar-refractivity contribution in [2.45, 2.75) is 26.3 Å². The van der Waals surface area contributed by atoms with E-state index in [2.05, 4.69) is 38.0 Å². The van der Waals surface area contributed by atoms with Gasteiger partial charge >= 0.3 is 0 Å². The number of carbonyl (C=O) groups excluding carboxylic acids is 1. The summed E-state index contributed by atoms with van der Waals surface area (Å²) in [5.41, 5.74) is 10.1. The molecule has 3 N–H and O–H groups in total. The van der Waals surface area contributed by atoms with Gasteiger partial charge in [-0.25, -0.2) is 4.98 Å². The van der Waals surface area contributed by atoms with Gasteiger partial charge in [-0.2, -0.15) is 0 Å². The molecule has 0 amide bonds. The van der Waals surface area contributed by atoms with Crippen LogP contribution in [-0.2, 0) is 17.6 Å². The van der Waals surface area contributed by atoms with E-state index < -0.39 is 6.04 Å². The number of imidazole rings is 1. The van der Waals surface area contributed by atoms with E-state index in [9.17, 15) is 4.79 Å². The maximum absolute atomic E-state index is 12.3. The Hall–Kier alpha value is -2.24. The summed E-state index contributed by atoms with van der Waals surface area (Å²) in [6.07, 6.45) is 4.11. The Balaban J connectivity index is 0.00000225. The van der Waals surface area contributed by atoms with Crippen LogP contribution in [0.1, 0.15) is 18.7 Å². The van der Waals surface area contributed by atoms with Gasteiger partial charge in [0.1, 0.15) is 0 Å². The summed E-state index contributed by atoms with van der Waals surface area (Å²) in [7, 11) is 0. The Morgan fingerprint density at radius 3 is 2.24 bits per heavy atom. The molecule has 0 spiro atoms. The third-order valence-corrected chi connectivity index (χ3v) is 4.45. The van der Waals surface area contributed by atoms with Crippen LogP contribution in [0.15, 0.2) is 65.5 Å². The van der Waals surface area contributed by atoms with Gasteiger partial charge < -0.3 is 10.7 Å². The first kappa shape index (κ1) is 19.1. The van der Waals surface area contributed by atoms with Crippen molar-refractivity contribution in [3.8, 4) is 11.1 Å². The molecule has 0 bridgehead atoms. The van der Waals surface area contributed by atoms with Crippen LogP contribution in [0.5, 0.6) is 0 Å². The average molecular weight is 400 g/mol. The maximum atomic E-state index is 12.3. The fourth-order valence-corrected chi connectivity index (χ4v) is 2.80. The molecular weight excluding hydrogens is 378 g/mol.